The third-order valence-corrected chi connectivity index (χ3v) is 3.11. The Bertz CT molecular complexity index is 669. The molecular formula is C16H11N3S. The lowest BCUT2D eigenvalue weighted by Gasteiger charge is -2.06. The van der Waals surface area contributed by atoms with Gasteiger partial charge in [0.05, 0.1) is 22.8 Å². The highest BCUT2D eigenvalue weighted by Gasteiger charge is 2.07. The lowest BCUT2D eigenvalue weighted by atomic mass is 10.1. The van der Waals surface area contributed by atoms with Crippen LogP contribution in [0.4, 0.5) is 0 Å². The Labute approximate surface area is 122 Å². The van der Waals surface area contributed by atoms with Crippen molar-refractivity contribution in [1.29, 1.82) is 0 Å². The predicted octanol–water partition coefficient (Wildman–Crippen LogP) is 3.55. The molecule has 0 saturated carbocycles. The molecule has 0 radical (unpaired) electrons. The molecule has 3 nitrogen and oxygen atoms in total. The van der Waals surface area contributed by atoms with Crippen LogP contribution in [0, 0.1) is 0 Å². The van der Waals surface area contributed by atoms with Crippen LogP contribution in [0.2, 0.25) is 0 Å². The first kappa shape index (κ1) is 12.6. The molecule has 0 aliphatic carbocycles. The highest BCUT2D eigenvalue weighted by molar-refractivity contribution is 7.79. The topological polar surface area (TPSA) is 38.7 Å². The van der Waals surface area contributed by atoms with Gasteiger partial charge in [0.15, 0.2) is 0 Å². The first-order valence-electron chi connectivity index (χ1n) is 6.17. The van der Waals surface area contributed by atoms with Crippen molar-refractivity contribution in [1.82, 2.24) is 15.0 Å². The number of rotatable bonds is 3. The molecule has 0 amide bonds. The van der Waals surface area contributed by atoms with Crippen LogP contribution in [0.3, 0.4) is 0 Å². The second-order valence-corrected chi connectivity index (χ2v) is 4.45. The highest BCUT2D eigenvalue weighted by atomic mass is 32.1. The molecule has 0 fully saturated rings. The molecule has 3 rings (SSSR count). The lowest BCUT2D eigenvalue weighted by Crippen LogP contribution is -1.94. The highest BCUT2D eigenvalue weighted by Crippen LogP contribution is 2.21. The van der Waals surface area contributed by atoms with E-state index in [1.54, 1.807) is 17.8 Å². The molecule has 0 atom stereocenters. The van der Waals surface area contributed by atoms with Crippen molar-refractivity contribution < 1.29 is 0 Å². The lowest BCUT2D eigenvalue weighted by molar-refractivity contribution is 1.22. The molecule has 0 spiro atoms. The second-order valence-electron chi connectivity index (χ2n) is 4.22. The van der Waals surface area contributed by atoms with E-state index in [1.165, 1.54) is 0 Å². The Morgan fingerprint density at radius 3 is 1.70 bits per heavy atom. The Kier molecular flexibility index (Phi) is 3.56. The van der Waals surface area contributed by atoms with Crippen LogP contribution in [-0.2, 0) is 0 Å². The van der Waals surface area contributed by atoms with Crippen LogP contribution in [0.1, 0.15) is 5.56 Å². The molecule has 0 aliphatic rings. The Balaban J connectivity index is 2.15. The fraction of sp³-hybridized carbons (Fsp3) is 0. The number of thiocarbonyl (C=S) groups is 1. The third-order valence-electron chi connectivity index (χ3n) is 2.84. The first-order chi connectivity index (χ1) is 9.86. The monoisotopic (exact) mass is 277 g/mol. The van der Waals surface area contributed by atoms with Gasteiger partial charge in [-0.1, -0.05) is 24.4 Å². The minimum absolute atomic E-state index is 0.796. The number of hydrogen-bond acceptors (Lipinski definition) is 4. The van der Waals surface area contributed by atoms with Gasteiger partial charge in [-0.15, -0.1) is 0 Å². The molecule has 3 aromatic rings. The van der Waals surface area contributed by atoms with Crippen LogP contribution in [-0.4, -0.2) is 20.3 Å². The van der Waals surface area contributed by atoms with Crippen LogP contribution >= 0.6 is 12.2 Å². The third kappa shape index (κ3) is 2.60. The Morgan fingerprint density at radius 2 is 1.30 bits per heavy atom. The van der Waals surface area contributed by atoms with Crippen molar-refractivity contribution in [3.8, 4) is 22.8 Å². The summed E-state index contributed by atoms with van der Waals surface area (Å²) in [5.74, 6) is 0. The minimum Gasteiger partial charge on any atom is -0.255 e. The van der Waals surface area contributed by atoms with E-state index >= 15 is 0 Å². The molecule has 3 aromatic heterocycles. The first-order valence-corrected chi connectivity index (χ1v) is 6.64. The Morgan fingerprint density at radius 1 is 0.750 bits per heavy atom. The van der Waals surface area contributed by atoms with Gasteiger partial charge in [0.25, 0.3) is 0 Å². The van der Waals surface area contributed by atoms with Gasteiger partial charge in [-0.3, -0.25) is 9.97 Å². The standard InChI is InChI=1S/C16H11N3S/c20-11-12-9-15(13-5-1-3-7-17-13)19-16(10-12)14-6-2-4-8-18-14/h1-11H. The van der Waals surface area contributed by atoms with E-state index in [1.807, 2.05) is 48.5 Å². The van der Waals surface area contributed by atoms with Gasteiger partial charge in [-0.25, -0.2) is 4.98 Å². The summed E-state index contributed by atoms with van der Waals surface area (Å²) in [5, 5.41) is 1.64. The van der Waals surface area contributed by atoms with E-state index < -0.39 is 0 Å². The van der Waals surface area contributed by atoms with Gasteiger partial charge >= 0.3 is 0 Å². The van der Waals surface area contributed by atoms with Crippen LogP contribution < -0.4 is 0 Å². The molecule has 0 aliphatic heterocycles. The molecule has 0 bridgehead atoms. The maximum absolute atomic E-state index is 5.04. The minimum atomic E-state index is 0.796. The van der Waals surface area contributed by atoms with Gasteiger partial charge in [0.1, 0.15) is 0 Å². The largest absolute Gasteiger partial charge is 0.255 e. The average Bonchev–Trinajstić information content (AvgIpc) is 2.56. The van der Waals surface area contributed by atoms with E-state index in [4.69, 9.17) is 12.2 Å². The number of aromatic nitrogens is 3. The van der Waals surface area contributed by atoms with Gasteiger partial charge in [-0.05, 0) is 42.0 Å². The Hall–Kier alpha value is -2.46. The van der Waals surface area contributed by atoms with E-state index in [2.05, 4.69) is 15.0 Å². The summed E-state index contributed by atoms with van der Waals surface area (Å²) in [4.78, 5) is 13.3. The number of nitrogens with zero attached hydrogens (tertiary/aromatic N) is 3. The molecule has 20 heavy (non-hydrogen) atoms. The molecule has 0 aromatic carbocycles. The molecule has 0 saturated heterocycles. The number of hydrogen-bond donors (Lipinski definition) is 0. The zero-order valence-corrected chi connectivity index (χ0v) is 11.4. The molecule has 0 unspecified atom stereocenters. The van der Waals surface area contributed by atoms with Gasteiger partial charge in [0, 0.05) is 17.8 Å². The van der Waals surface area contributed by atoms with Gasteiger partial charge in [0.2, 0.25) is 0 Å². The van der Waals surface area contributed by atoms with Gasteiger partial charge < -0.3 is 0 Å². The van der Waals surface area contributed by atoms with Crippen molar-refractivity contribution >= 4 is 17.6 Å². The van der Waals surface area contributed by atoms with E-state index in [-0.39, 0.29) is 0 Å². The van der Waals surface area contributed by atoms with Crippen molar-refractivity contribution in [2.75, 3.05) is 0 Å². The van der Waals surface area contributed by atoms with Crippen molar-refractivity contribution in [3.63, 3.8) is 0 Å². The second kappa shape index (κ2) is 5.67. The SMILES string of the molecule is S=Cc1cc(-c2ccccn2)nc(-c2ccccn2)c1. The van der Waals surface area contributed by atoms with Crippen molar-refractivity contribution in [2.45, 2.75) is 0 Å². The fourth-order valence-corrected chi connectivity index (χ4v) is 2.05. The maximum atomic E-state index is 5.04. The van der Waals surface area contributed by atoms with E-state index in [0.717, 1.165) is 28.3 Å². The summed E-state index contributed by atoms with van der Waals surface area (Å²) in [6, 6.07) is 15.4. The number of pyridine rings is 3. The van der Waals surface area contributed by atoms with Crippen molar-refractivity contribution in [3.05, 3.63) is 66.5 Å². The van der Waals surface area contributed by atoms with Crippen LogP contribution in [0.15, 0.2) is 60.9 Å². The van der Waals surface area contributed by atoms with Crippen molar-refractivity contribution in [2.24, 2.45) is 0 Å². The smallest absolute Gasteiger partial charge is 0.0900 e. The summed E-state index contributed by atoms with van der Waals surface area (Å²) in [5.41, 5.74) is 4.16. The summed E-state index contributed by atoms with van der Waals surface area (Å²) in [7, 11) is 0. The summed E-state index contributed by atoms with van der Waals surface area (Å²) >= 11 is 5.04. The quantitative estimate of drug-likeness (QED) is 0.686. The average molecular weight is 277 g/mol. The summed E-state index contributed by atoms with van der Waals surface area (Å²) < 4.78 is 0. The molecular weight excluding hydrogens is 266 g/mol. The fourth-order valence-electron chi connectivity index (χ4n) is 1.91. The molecule has 96 valence electrons. The predicted molar refractivity (Wildman–Crippen MR) is 83.5 cm³/mol. The van der Waals surface area contributed by atoms with Crippen LogP contribution in [0.25, 0.3) is 22.8 Å². The van der Waals surface area contributed by atoms with Crippen LogP contribution in [0.5, 0.6) is 0 Å². The molecule has 4 heteroatoms. The zero-order chi connectivity index (χ0) is 13.8. The van der Waals surface area contributed by atoms with Gasteiger partial charge in [-0.2, -0.15) is 0 Å². The summed E-state index contributed by atoms with van der Waals surface area (Å²) in [6.07, 6.45) is 3.50. The zero-order valence-electron chi connectivity index (χ0n) is 10.6. The molecule has 0 N–H and O–H groups in total. The summed E-state index contributed by atoms with van der Waals surface area (Å²) in [6.45, 7) is 0. The molecule has 3 heterocycles. The van der Waals surface area contributed by atoms with E-state index in [9.17, 15) is 0 Å². The maximum Gasteiger partial charge on any atom is 0.0900 e. The normalized spacial score (nSPS) is 10.2. The van der Waals surface area contributed by atoms with E-state index in [0.29, 0.717) is 0 Å².